The van der Waals surface area contributed by atoms with Crippen LogP contribution in [0.15, 0.2) is 49.2 Å². The van der Waals surface area contributed by atoms with Gasteiger partial charge in [-0.3, -0.25) is 4.72 Å². The minimum atomic E-state index is -3.86. The highest BCUT2D eigenvalue weighted by Gasteiger charge is 2.30. The van der Waals surface area contributed by atoms with E-state index in [2.05, 4.69) is 52.1 Å². The first-order valence-corrected chi connectivity index (χ1v) is 8.59. The van der Waals surface area contributed by atoms with Crippen LogP contribution in [0.5, 0.6) is 0 Å². The predicted octanol–water partition coefficient (Wildman–Crippen LogP) is 1.77. The van der Waals surface area contributed by atoms with Crippen LogP contribution in [0, 0.1) is 0 Å². The molecule has 110 valence electrons. The normalized spacial score (nSPS) is 17.0. The first kappa shape index (κ1) is 14.5. The van der Waals surface area contributed by atoms with Crippen molar-refractivity contribution in [2.24, 2.45) is 9.98 Å². The molecule has 0 radical (unpaired) electrons. The summed E-state index contributed by atoms with van der Waals surface area (Å²) >= 11 is 6.61. The standard InChI is InChI=1S/C10H8Br2N6O2S/c11-7-2-1-3-8(12)10(7)15-21(19,20)18-4-9-14-5-13-6-17(9)16-18/h1-6,15-16H. The second kappa shape index (κ2) is 5.40. The van der Waals surface area contributed by atoms with Crippen LogP contribution in [0.25, 0.3) is 0 Å². The zero-order chi connectivity index (χ0) is 15.0. The number of fused-ring (bicyclic) bond motifs is 1. The van der Waals surface area contributed by atoms with Gasteiger partial charge in [-0.05, 0) is 44.0 Å². The Morgan fingerprint density at radius 1 is 1.24 bits per heavy atom. The third kappa shape index (κ3) is 2.81. The van der Waals surface area contributed by atoms with Gasteiger partial charge in [0.1, 0.15) is 12.7 Å². The monoisotopic (exact) mass is 434 g/mol. The number of para-hydroxylation sites is 1. The Labute approximate surface area is 137 Å². The third-order valence-electron chi connectivity index (χ3n) is 2.58. The highest BCUT2D eigenvalue weighted by Crippen LogP contribution is 2.32. The number of hydrogen-bond donors (Lipinski definition) is 2. The molecule has 0 amide bonds. The second-order valence-corrected chi connectivity index (χ2v) is 7.22. The van der Waals surface area contributed by atoms with Gasteiger partial charge in [0.2, 0.25) is 0 Å². The molecule has 0 unspecified atom stereocenters. The smallest absolute Gasteiger partial charge is 0.263 e. The van der Waals surface area contributed by atoms with E-state index < -0.39 is 10.2 Å². The number of halogens is 2. The molecule has 0 atom stereocenters. The lowest BCUT2D eigenvalue weighted by Gasteiger charge is -2.21. The van der Waals surface area contributed by atoms with Gasteiger partial charge in [-0.15, -0.1) is 5.53 Å². The summed E-state index contributed by atoms with van der Waals surface area (Å²) in [4.78, 5) is 7.74. The Morgan fingerprint density at radius 2 is 1.95 bits per heavy atom. The van der Waals surface area contributed by atoms with Crippen LogP contribution in [-0.2, 0) is 10.2 Å². The average molecular weight is 436 g/mol. The molecule has 0 fully saturated rings. The fraction of sp³-hybridized carbons (Fsp3) is 0. The molecule has 2 aliphatic heterocycles. The predicted molar refractivity (Wildman–Crippen MR) is 86.3 cm³/mol. The van der Waals surface area contributed by atoms with E-state index in [1.54, 1.807) is 18.2 Å². The van der Waals surface area contributed by atoms with E-state index in [1.165, 1.54) is 23.9 Å². The van der Waals surface area contributed by atoms with Crippen LogP contribution in [0.2, 0.25) is 0 Å². The summed E-state index contributed by atoms with van der Waals surface area (Å²) in [5, 5.41) is 1.38. The molecular weight excluding hydrogens is 428 g/mol. The summed E-state index contributed by atoms with van der Waals surface area (Å²) < 4.78 is 29.4. The van der Waals surface area contributed by atoms with Gasteiger partial charge in [-0.1, -0.05) is 6.07 Å². The van der Waals surface area contributed by atoms with Crippen LogP contribution in [-0.4, -0.2) is 30.5 Å². The number of rotatable bonds is 3. The van der Waals surface area contributed by atoms with Crippen molar-refractivity contribution in [3.05, 3.63) is 39.2 Å². The van der Waals surface area contributed by atoms with E-state index in [1.807, 2.05) is 0 Å². The lowest BCUT2D eigenvalue weighted by atomic mass is 10.3. The highest BCUT2D eigenvalue weighted by atomic mass is 79.9. The van der Waals surface area contributed by atoms with E-state index in [-0.39, 0.29) is 0 Å². The van der Waals surface area contributed by atoms with Crippen molar-refractivity contribution >= 4 is 60.4 Å². The number of hydrogen-bond acceptors (Lipinski definition) is 6. The molecule has 0 aromatic heterocycles. The quantitative estimate of drug-likeness (QED) is 0.757. The summed E-state index contributed by atoms with van der Waals surface area (Å²) in [5.74, 6) is 0.418. The first-order valence-electron chi connectivity index (χ1n) is 5.57. The summed E-state index contributed by atoms with van der Waals surface area (Å²) in [6, 6.07) is 5.25. The molecule has 2 N–H and O–H groups in total. The Balaban J connectivity index is 1.87. The summed E-state index contributed by atoms with van der Waals surface area (Å²) in [6.45, 7) is 0. The zero-order valence-electron chi connectivity index (χ0n) is 10.2. The molecule has 0 bridgehead atoms. The number of anilines is 1. The Hall–Kier alpha value is -1.43. The van der Waals surface area contributed by atoms with Crippen LogP contribution < -0.4 is 10.3 Å². The van der Waals surface area contributed by atoms with Crippen molar-refractivity contribution in [1.82, 2.24) is 15.0 Å². The van der Waals surface area contributed by atoms with E-state index in [4.69, 9.17) is 0 Å². The van der Waals surface area contributed by atoms with Crippen LogP contribution >= 0.6 is 31.9 Å². The lowest BCUT2D eigenvalue weighted by molar-refractivity contribution is 0.285. The molecule has 11 heteroatoms. The molecule has 0 spiro atoms. The minimum absolute atomic E-state index is 0.403. The van der Waals surface area contributed by atoms with Gasteiger partial charge in [0.05, 0.1) is 11.9 Å². The molecule has 1 aromatic rings. The van der Waals surface area contributed by atoms with E-state index >= 15 is 0 Å². The molecule has 0 saturated carbocycles. The van der Waals surface area contributed by atoms with Gasteiger partial charge in [0.15, 0.2) is 5.82 Å². The van der Waals surface area contributed by atoms with Gasteiger partial charge in [0, 0.05) is 8.95 Å². The molecule has 1 aromatic carbocycles. The van der Waals surface area contributed by atoms with E-state index in [0.717, 1.165) is 4.41 Å². The SMILES string of the molecule is O=S(=O)(Nc1c(Br)cccc1Br)N1C=C2N=CN=CN2N1. The number of benzene rings is 1. The fourth-order valence-electron chi connectivity index (χ4n) is 1.62. The van der Waals surface area contributed by atoms with Gasteiger partial charge < -0.3 is 0 Å². The molecular formula is C10H8Br2N6O2S. The largest absolute Gasteiger partial charge is 0.338 e. The third-order valence-corrected chi connectivity index (χ3v) is 5.07. The van der Waals surface area contributed by atoms with Crippen LogP contribution in [0.4, 0.5) is 5.69 Å². The molecule has 21 heavy (non-hydrogen) atoms. The molecule has 0 saturated heterocycles. The van der Waals surface area contributed by atoms with Crippen molar-refractivity contribution in [2.75, 3.05) is 4.72 Å². The van der Waals surface area contributed by atoms with Crippen molar-refractivity contribution < 1.29 is 8.42 Å². The number of hydrazine groups is 2. The maximum atomic E-state index is 12.4. The van der Waals surface area contributed by atoms with Crippen molar-refractivity contribution in [2.45, 2.75) is 0 Å². The number of aliphatic imine (C=N–C) groups is 2. The minimum Gasteiger partial charge on any atom is -0.263 e. The fourth-order valence-corrected chi connectivity index (χ4v) is 4.08. The second-order valence-electron chi connectivity index (χ2n) is 3.97. The van der Waals surface area contributed by atoms with Crippen molar-refractivity contribution in [3.8, 4) is 0 Å². The molecule has 8 nitrogen and oxygen atoms in total. The number of nitrogens with one attached hydrogen (secondary N) is 2. The Kier molecular flexibility index (Phi) is 3.73. The lowest BCUT2D eigenvalue weighted by Crippen LogP contribution is -2.45. The maximum absolute atomic E-state index is 12.4. The topological polar surface area (TPSA) is 89.4 Å². The molecule has 2 aliphatic rings. The van der Waals surface area contributed by atoms with Gasteiger partial charge >= 0.3 is 10.2 Å². The first-order chi connectivity index (χ1) is 9.97. The average Bonchev–Trinajstić information content (AvgIpc) is 2.88. The van der Waals surface area contributed by atoms with Crippen LogP contribution in [0.3, 0.4) is 0 Å². The van der Waals surface area contributed by atoms with Crippen LogP contribution in [0.1, 0.15) is 0 Å². The van der Waals surface area contributed by atoms with Gasteiger partial charge in [0.25, 0.3) is 0 Å². The Morgan fingerprint density at radius 3 is 2.62 bits per heavy atom. The van der Waals surface area contributed by atoms with E-state index in [9.17, 15) is 8.42 Å². The van der Waals surface area contributed by atoms with Gasteiger partial charge in [-0.2, -0.15) is 12.8 Å². The number of nitrogens with zero attached hydrogens (tertiary/aromatic N) is 4. The highest BCUT2D eigenvalue weighted by molar-refractivity contribution is 9.11. The zero-order valence-corrected chi connectivity index (χ0v) is 14.2. The molecule has 0 aliphatic carbocycles. The van der Waals surface area contributed by atoms with Crippen molar-refractivity contribution in [3.63, 3.8) is 0 Å². The summed E-state index contributed by atoms with van der Waals surface area (Å²) in [7, 11) is -3.86. The summed E-state index contributed by atoms with van der Waals surface area (Å²) in [6.07, 6.45) is 4.09. The maximum Gasteiger partial charge on any atom is 0.338 e. The molecule has 2 heterocycles. The summed E-state index contributed by atoms with van der Waals surface area (Å²) in [5.41, 5.74) is 3.02. The van der Waals surface area contributed by atoms with Gasteiger partial charge in [-0.25, -0.2) is 15.0 Å². The van der Waals surface area contributed by atoms with Crippen molar-refractivity contribution in [1.29, 1.82) is 0 Å². The molecule has 3 rings (SSSR count). The Bertz CT molecular complexity index is 756. The van der Waals surface area contributed by atoms with E-state index in [0.29, 0.717) is 20.5 Å².